The molecule has 6 nitrogen and oxygen atoms in total. The number of amides is 1. The second-order valence-electron chi connectivity index (χ2n) is 8.49. The molecular weight excluding hydrogens is 366 g/mol. The van der Waals surface area contributed by atoms with Crippen molar-refractivity contribution in [3.05, 3.63) is 52.6 Å². The van der Waals surface area contributed by atoms with Gasteiger partial charge in [0.2, 0.25) is 0 Å². The maximum absolute atomic E-state index is 13.1. The van der Waals surface area contributed by atoms with E-state index in [1.807, 2.05) is 13.8 Å². The lowest BCUT2D eigenvalue weighted by atomic mass is 9.98. The van der Waals surface area contributed by atoms with E-state index in [1.165, 1.54) is 11.8 Å². The van der Waals surface area contributed by atoms with Gasteiger partial charge in [0.15, 0.2) is 0 Å². The van der Waals surface area contributed by atoms with E-state index in [-0.39, 0.29) is 28.9 Å². The Hall–Kier alpha value is -2.73. The Kier molecular flexibility index (Phi) is 5.13. The van der Waals surface area contributed by atoms with E-state index >= 15 is 0 Å². The van der Waals surface area contributed by atoms with E-state index in [1.54, 1.807) is 11.0 Å². The molecule has 0 radical (unpaired) electrons. The minimum Gasteiger partial charge on any atom is -0.508 e. The van der Waals surface area contributed by atoms with Crippen LogP contribution in [0.25, 0.3) is 0 Å². The molecule has 2 aliphatic heterocycles. The van der Waals surface area contributed by atoms with Crippen molar-refractivity contribution < 1.29 is 15.0 Å². The van der Waals surface area contributed by atoms with Crippen LogP contribution in [0.1, 0.15) is 46.8 Å². The topological polar surface area (TPSA) is 67.3 Å². The monoisotopic (exact) mass is 395 g/mol. The van der Waals surface area contributed by atoms with E-state index in [0.29, 0.717) is 18.7 Å². The van der Waals surface area contributed by atoms with Crippen LogP contribution in [0.4, 0.5) is 5.69 Å². The smallest absolute Gasteiger partial charge is 0.258 e. The number of nitrogens with zero attached hydrogens (tertiary/aromatic N) is 3. The van der Waals surface area contributed by atoms with Gasteiger partial charge < -0.3 is 24.9 Å². The summed E-state index contributed by atoms with van der Waals surface area (Å²) < 4.78 is 0. The van der Waals surface area contributed by atoms with Crippen LogP contribution in [-0.4, -0.2) is 59.1 Å². The Morgan fingerprint density at radius 3 is 2.31 bits per heavy atom. The summed E-state index contributed by atoms with van der Waals surface area (Å²) in [7, 11) is 2.15. The highest BCUT2D eigenvalue weighted by Crippen LogP contribution is 2.35. The summed E-state index contributed by atoms with van der Waals surface area (Å²) in [5.74, 6) is -0.299. The van der Waals surface area contributed by atoms with Gasteiger partial charge in [0.25, 0.3) is 5.91 Å². The van der Waals surface area contributed by atoms with E-state index in [2.05, 4.69) is 35.0 Å². The molecule has 1 saturated heterocycles. The summed E-state index contributed by atoms with van der Waals surface area (Å²) in [5.41, 5.74) is 4.44. The molecule has 0 unspecified atom stereocenters. The molecule has 2 aromatic rings. The summed E-state index contributed by atoms with van der Waals surface area (Å²) in [6, 6.07) is 9.36. The number of hydrogen-bond donors (Lipinski definition) is 2. The van der Waals surface area contributed by atoms with Crippen molar-refractivity contribution in [2.24, 2.45) is 0 Å². The predicted octanol–water partition coefficient (Wildman–Crippen LogP) is 3.13. The third-order valence-electron chi connectivity index (χ3n) is 6.07. The first-order valence-electron chi connectivity index (χ1n) is 10.2. The molecule has 0 saturated carbocycles. The molecule has 6 heteroatoms. The lowest BCUT2D eigenvalue weighted by Gasteiger charge is -2.34. The Labute approximate surface area is 172 Å². The van der Waals surface area contributed by atoms with Crippen molar-refractivity contribution in [2.75, 3.05) is 38.1 Å². The predicted molar refractivity (Wildman–Crippen MR) is 114 cm³/mol. The molecule has 0 atom stereocenters. The normalized spacial score (nSPS) is 17.1. The maximum Gasteiger partial charge on any atom is 0.258 e. The number of carbonyl (C=O) groups excluding carboxylic acids is 1. The molecule has 2 heterocycles. The van der Waals surface area contributed by atoms with Crippen LogP contribution >= 0.6 is 0 Å². The Balaban J connectivity index is 1.54. The number of rotatable bonds is 3. The van der Waals surface area contributed by atoms with E-state index < -0.39 is 0 Å². The average Bonchev–Trinajstić information content (AvgIpc) is 3.11. The minimum atomic E-state index is -0.207. The van der Waals surface area contributed by atoms with E-state index in [4.69, 9.17) is 0 Å². The van der Waals surface area contributed by atoms with Gasteiger partial charge in [-0.3, -0.25) is 4.79 Å². The van der Waals surface area contributed by atoms with Crippen molar-refractivity contribution in [1.82, 2.24) is 9.80 Å². The van der Waals surface area contributed by atoms with Gasteiger partial charge in [-0.1, -0.05) is 19.9 Å². The summed E-state index contributed by atoms with van der Waals surface area (Å²) in [6.07, 6.45) is 0. The average molecular weight is 396 g/mol. The molecule has 0 bridgehead atoms. The molecule has 2 N–H and O–H groups in total. The number of anilines is 1. The standard InChI is InChI=1S/C23H29N3O3/c1-15(2)19-11-20(22(28)12-21(19)27)23(29)26-13-16-4-5-18(10-17(16)14-26)25-8-6-24(3)7-9-25/h4-5,10-12,15,27-28H,6-9,13-14H2,1-3H3. The number of phenolic OH excluding ortho intramolecular Hbond substituents is 2. The number of benzene rings is 2. The maximum atomic E-state index is 13.1. The number of fused-ring (bicyclic) bond motifs is 1. The highest BCUT2D eigenvalue weighted by Gasteiger charge is 2.28. The summed E-state index contributed by atoms with van der Waals surface area (Å²) in [6.45, 7) is 9.11. The fraction of sp³-hybridized carbons (Fsp3) is 0.435. The third-order valence-corrected chi connectivity index (χ3v) is 6.07. The zero-order valence-electron chi connectivity index (χ0n) is 17.4. The quantitative estimate of drug-likeness (QED) is 0.836. The molecule has 1 amide bonds. The van der Waals surface area contributed by atoms with Gasteiger partial charge in [-0.25, -0.2) is 0 Å². The van der Waals surface area contributed by atoms with Gasteiger partial charge in [0.1, 0.15) is 11.5 Å². The largest absolute Gasteiger partial charge is 0.508 e. The van der Waals surface area contributed by atoms with Gasteiger partial charge in [0.05, 0.1) is 5.56 Å². The molecular formula is C23H29N3O3. The van der Waals surface area contributed by atoms with Crippen LogP contribution < -0.4 is 4.90 Å². The van der Waals surface area contributed by atoms with Crippen LogP contribution in [0.5, 0.6) is 11.5 Å². The fourth-order valence-corrected chi connectivity index (χ4v) is 4.18. The zero-order valence-corrected chi connectivity index (χ0v) is 17.4. The molecule has 2 aromatic carbocycles. The molecule has 0 aliphatic carbocycles. The van der Waals surface area contributed by atoms with Gasteiger partial charge in [-0.15, -0.1) is 0 Å². The van der Waals surface area contributed by atoms with E-state index in [0.717, 1.165) is 37.3 Å². The van der Waals surface area contributed by atoms with Crippen molar-refractivity contribution >= 4 is 11.6 Å². The molecule has 0 spiro atoms. The molecule has 2 aliphatic rings. The third kappa shape index (κ3) is 3.77. The first-order chi connectivity index (χ1) is 13.8. The molecule has 1 fully saturated rings. The van der Waals surface area contributed by atoms with Crippen LogP contribution in [0.2, 0.25) is 0 Å². The van der Waals surface area contributed by atoms with Gasteiger partial charge in [-0.2, -0.15) is 0 Å². The van der Waals surface area contributed by atoms with Crippen molar-refractivity contribution in [3.8, 4) is 11.5 Å². The highest BCUT2D eigenvalue weighted by atomic mass is 16.3. The molecule has 4 rings (SSSR count). The van der Waals surface area contributed by atoms with Gasteiger partial charge in [-0.05, 0) is 47.9 Å². The Morgan fingerprint density at radius 2 is 1.62 bits per heavy atom. The summed E-state index contributed by atoms with van der Waals surface area (Å²) >= 11 is 0. The Morgan fingerprint density at radius 1 is 0.931 bits per heavy atom. The van der Waals surface area contributed by atoms with Crippen molar-refractivity contribution in [3.63, 3.8) is 0 Å². The minimum absolute atomic E-state index is 0.0237. The zero-order chi connectivity index (χ0) is 20.7. The highest BCUT2D eigenvalue weighted by molar-refractivity contribution is 5.97. The number of hydrogen-bond acceptors (Lipinski definition) is 5. The van der Waals surface area contributed by atoms with Crippen molar-refractivity contribution in [2.45, 2.75) is 32.9 Å². The number of carbonyl (C=O) groups is 1. The van der Waals surface area contributed by atoms with Crippen LogP contribution in [0.3, 0.4) is 0 Å². The number of aromatic hydroxyl groups is 2. The number of phenols is 2. The first-order valence-corrected chi connectivity index (χ1v) is 10.2. The second kappa shape index (κ2) is 7.59. The Bertz CT molecular complexity index is 933. The molecule has 0 aromatic heterocycles. The summed E-state index contributed by atoms with van der Waals surface area (Å²) in [5, 5.41) is 20.3. The van der Waals surface area contributed by atoms with Crippen LogP contribution in [-0.2, 0) is 13.1 Å². The van der Waals surface area contributed by atoms with Crippen LogP contribution in [0.15, 0.2) is 30.3 Å². The van der Waals surface area contributed by atoms with Crippen molar-refractivity contribution in [1.29, 1.82) is 0 Å². The van der Waals surface area contributed by atoms with Gasteiger partial charge in [0, 0.05) is 51.0 Å². The lowest BCUT2D eigenvalue weighted by Crippen LogP contribution is -2.44. The lowest BCUT2D eigenvalue weighted by molar-refractivity contribution is 0.0748. The van der Waals surface area contributed by atoms with Crippen LogP contribution in [0, 0.1) is 0 Å². The summed E-state index contributed by atoms with van der Waals surface area (Å²) in [4.78, 5) is 19.6. The second-order valence-corrected chi connectivity index (χ2v) is 8.49. The molecule has 29 heavy (non-hydrogen) atoms. The number of likely N-dealkylation sites (N-methyl/N-ethyl adjacent to an activating group) is 1. The number of piperazine rings is 1. The SMILES string of the molecule is CC(C)c1cc(C(=O)N2Cc3ccc(N4CCN(C)CC4)cc3C2)c(O)cc1O. The van der Waals surface area contributed by atoms with Gasteiger partial charge >= 0.3 is 0 Å². The first kappa shape index (κ1) is 19.6. The fourth-order valence-electron chi connectivity index (χ4n) is 4.18. The van der Waals surface area contributed by atoms with E-state index in [9.17, 15) is 15.0 Å². The molecule has 154 valence electrons.